The molecule has 0 aromatic carbocycles. The van der Waals surface area contributed by atoms with Crippen LogP contribution in [0.3, 0.4) is 0 Å². The molecule has 1 amide bonds. The summed E-state index contributed by atoms with van der Waals surface area (Å²) >= 11 is 0. The van der Waals surface area contributed by atoms with Crippen LogP contribution < -0.4 is 5.32 Å². The minimum absolute atomic E-state index is 0.0709. The molecule has 1 N–H and O–H groups in total. The molecule has 4 heteroatoms. The van der Waals surface area contributed by atoms with E-state index in [1.54, 1.807) is 20.8 Å². The van der Waals surface area contributed by atoms with Crippen LogP contribution in [0.5, 0.6) is 0 Å². The first-order valence-electron chi connectivity index (χ1n) is 6.23. The molecule has 0 bridgehead atoms. The second kappa shape index (κ2) is 3.96. The van der Waals surface area contributed by atoms with Gasteiger partial charge in [-0.3, -0.25) is 0 Å². The normalized spacial score (nSPS) is 30.8. The Morgan fingerprint density at radius 3 is 2.92 bits per heavy atom. The number of rotatable bonds is 0. The highest BCUT2D eigenvalue weighted by Gasteiger charge is 2.22. The SMILES string of the molecule is [2H]C1([2H])NCCN(C(=O)OC(C)(C)C)C1([2H])[2H]. The second-order valence-electron chi connectivity index (χ2n) is 3.80. The molecule has 0 aromatic rings. The molecule has 1 aliphatic rings. The summed E-state index contributed by atoms with van der Waals surface area (Å²) in [5.74, 6) is 0. The van der Waals surface area contributed by atoms with Crippen molar-refractivity contribution < 1.29 is 15.0 Å². The van der Waals surface area contributed by atoms with Gasteiger partial charge >= 0.3 is 6.09 Å². The predicted molar refractivity (Wildman–Crippen MR) is 50.7 cm³/mol. The van der Waals surface area contributed by atoms with Crippen molar-refractivity contribution in [3.05, 3.63) is 0 Å². The number of hydrogen-bond acceptors (Lipinski definition) is 3. The molecule has 1 heterocycles. The van der Waals surface area contributed by atoms with Crippen LogP contribution in [0.25, 0.3) is 0 Å². The first-order valence-corrected chi connectivity index (χ1v) is 4.23. The average molecular weight is 190 g/mol. The van der Waals surface area contributed by atoms with Crippen LogP contribution in [0, 0.1) is 0 Å². The Bertz CT molecular complexity index is 315. The smallest absolute Gasteiger partial charge is 0.410 e. The highest BCUT2D eigenvalue weighted by Crippen LogP contribution is 2.09. The number of amides is 1. The lowest BCUT2D eigenvalue weighted by Crippen LogP contribution is -2.48. The van der Waals surface area contributed by atoms with Gasteiger partial charge in [-0.1, -0.05) is 0 Å². The Labute approximate surface area is 84.9 Å². The molecule has 1 aliphatic heterocycles. The quantitative estimate of drug-likeness (QED) is 0.615. The van der Waals surface area contributed by atoms with Crippen molar-refractivity contribution >= 4 is 6.09 Å². The van der Waals surface area contributed by atoms with Gasteiger partial charge in [0.2, 0.25) is 0 Å². The van der Waals surface area contributed by atoms with Crippen LogP contribution in [0.1, 0.15) is 26.3 Å². The van der Waals surface area contributed by atoms with Gasteiger partial charge in [0.1, 0.15) is 5.60 Å². The van der Waals surface area contributed by atoms with E-state index in [1.165, 1.54) is 0 Å². The average Bonchev–Trinajstić information content (AvgIpc) is 2.06. The van der Waals surface area contributed by atoms with Crippen molar-refractivity contribution in [3.63, 3.8) is 0 Å². The van der Waals surface area contributed by atoms with Gasteiger partial charge in [-0.2, -0.15) is 0 Å². The van der Waals surface area contributed by atoms with E-state index < -0.39 is 24.7 Å². The van der Waals surface area contributed by atoms with Gasteiger partial charge < -0.3 is 15.0 Å². The maximum atomic E-state index is 11.8. The Morgan fingerprint density at radius 1 is 1.62 bits per heavy atom. The molecular weight excluding hydrogens is 168 g/mol. The van der Waals surface area contributed by atoms with E-state index in [4.69, 9.17) is 10.2 Å². The maximum Gasteiger partial charge on any atom is 0.410 e. The largest absolute Gasteiger partial charge is 0.444 e. The van der Waals surface area contributed by atoms with Crippen molar-refractivity contribution in [2.45, 2.75) is 26.4 Å². The zero-order chi connectivity index (χ0) is 13.5. The third-order valence-corrected chi connectivity index (χ3v) is 1.35. The molecule has 1 rings (SSSR count). The fourth-order valence-electron chi connectivity index (χ4n) is 0.847. The first kappa shape index (κ1) is 5.86. The Balaban J connectivity index is 2.87. The third-order valence-electron chi connectivity index (χ3n) is 1.35. The van der Waals surface area contributed by atoms with Crippen molar-refractivity contribution in [1.29, 1.82) is 0 Å². The number of carbonyl (C=O) groups excluding carboxylic acids is 1. The summed E-state index contributed by atoms with van der Waals surface area (Å²) in [7, 11) is 0. The van der Waals surface area contributed by atoms with Crippen molar-refractivity contribution in [2.75, 3.05) is 26.1 Å². The topological polar surface area (TPSA) is 41.6 Å². The zero-order valence-electron chi connectivity index (χ0n) is 12.2. The third kappa shape index (κ3) is 3.63. The van der Waals surface area contributed by atoms with E-state index in [0.29, 0.717) is 0 Å². The summed E-state index contributed by atoms with van der Waals surface area (Å²) in [6, 6.07) is 0. The Hall–Kier alpha value is -0.770. The van der Waals surface area contributed by atoms with Crippen molar-refractivity contribution in [1.82, 2.24) is 10.2 Å². The molecular formula is C9H18N2O2. The lowest BCUT2D eigenvalue weighted by atomic mass is 10.2. The number of nitrogens with zero attached hydrogens (tertiary/aromatic N) is 1. The van der Waals surface area contributed by atoms with Crippen molar-refractivity contribution in [3.8, 4) is 0 Å². The fraction of sp³-hybridized carbons (Fsp3) is 0.889. The zero-order valence-corrected chi connectivity index (χ0v) is 8.18. The van der Waals surface area contributed by atoms with Gasteiger partial charge in [0.05, 0.1) is 2.74 Å². The molecule has 0 unspecified atom stereocenters. The van der Waals surface area contributed by atoms with Gasteiger partial charge in [0.25, 0.3) is 0 Å². The molecule has 0 saturated carbocycles. The molecule has 0 aliphatic carbocycles. The molecule has 0 atom stereocenters. The molecule has 0 spiro atoms. The molecule has 1 saturated heterocycles. The van der Waals surface area contributed by atoms with E-state index in [2.05, 4.69) is 5.32 Å². The Kier molecular flexibility index (Phi) is 1.78. The van der Waals surface area contributed by atoms with Gasteiger partial charge in [-0.05, 0) is 20.8 Å². The van der Waals surface area contributed by atoms with E-state index in [0.717, 1.165) is 4.90 Å². The predicted octanol–water partition coefficient (Wildman–Crippen LogP) is 0.827. The number of carbonyl (C=O) groups is 1. The van der Waals surface area contributed by atoms with Crippen LogP contribution >= 0.6 is 0 Å². The summed E-state index contributed by atoms with van der Waals surface area (Å²) in [6.07, 6.45) is -0.840. The summed E-state index contributed by atoms with van der Waals surface area (Å²) in [4.78, 5) is 12.6. The van der Waals surface area contributed by atoms with E-state index in [-0.39, 0.29) is 13.1 Å². The van der Waals surface area contributed by atoms with Gasteiger partial charge in [-0.15, -0.1) is 0 Å². The number of ether oxygens (including phenoxy) is 1. The lowest BCUT2D eigenvalue weighted by molar-refractivity contribution is 0.0229. The van der Waals surface area contributed by atoms with Crippen LogP contribution in [0.2, 0.25) is 0 Å². The molecule has 0 radical (unpaired) electrons. The van der Waals surface area contributed by atoms with Gasteiger partial charge in [0, 0.05) is 28.8 Å². The molecule has 76 valence electrons. The molecule has 0 aromatic heterocycles. The van der Waals surface area contributed by atoms with E-state index in [1.807, 2.05) is 0 Å². The standard InChI is InChI=1S/C9H18N2O2/c1-9(2,3)13-8(12)11-6-4-10-5-7-11/h10H,4-7H2,1-3H3/i4D2,6D2. The summed E-state index contributed by atoms with van der Waals surface area (Å²) in [5, 5.41) is 2.41. The van der Waals surface area contributed by atoms with E-state index in [9.17, 15) is 4.79 Å². The van der Waals surface area contributed by atoms with Gasteiger partial charge in [0.15, 0.2) is 0 Å². The van der Waals surface area contributed by atoms with E-state index >= 15 is 0 Å². The van der Waals surface area contributed by atoms with Crippen LogP contribution in [0.4, 0.5) is 4.79 Å². The summed E-state index contributed by atoms with van der Waals surface area (Å²) in [5.41, 5.74) is -0.731. The minimum atomic E-state index is -2.44. The highest BCUT2D eigenvalue weighted by molar-refractivity contribution is 5.68. The minimum Gasteiger partial charge on any atom is -0.444 e. The summed E-state index contributed by atoms with van der Waals surface area (Å²) in [6.45, 7) is 0.564. The first-order chi connectivity index (χ1) is 7.47. The molecule has 4 nitrogen and oxygen atoms in total. The number of hydrogen-bond donors (Lipinski definition) is 1. The molecule has 1 fully saturated rings. The Morgan fingerprint density at radius 2 is 2.31 bits per heavy atom. The summed E-state index contributed by atoms with van der Waals surface area (Å²) < 4.78 is 35.4. The maximum absolute atomic E-state index is 11.8. The molecule has 13 heavy (non-hydrogen) atoms. The number of nitrogens with one attached hydrogen (secondary N) is 1. The van der Waals surface area contributed by atoms with Crippen LogP contribution in [-0.4, -0.2) is 42.7 Å². The lowest BCUT2D eigenvalue weighted by Gasteiger charge is -2.30. The van der Waals surface area contributed by atoms with Crippen LogP contribution in [0.15, 0.2) is 0 Å². The van der Waals surface area contributed by atoms with Crippen molar-refractivity contribution in [2.24, 2.45) is 0 Å². The number of piperazine rings is 1. The van der Waals surface area contributed by atoms with Gasteiger partial charge in [-0.25, -0.2) is 4.79 Å². The van der Waals surface area contributed by atoms with Crippen LogP contribution in [-0.2, 0) is 4.74 Å². The fourth-order valence-corrected chi connectivity index (χ4v) is 0.847. The second-order valence-corrected chi connectivity index (χ2v) is 3.80. The highest BCUT2D eigenvalue weighted by atomic mass is 16.6. The monoisotopic (exact) mass is 190 g/mol.